The standard InChI is InChI=1S/C20H23NO2S.ClH/c1-21(2)13-15-9-10-24-19-12-17(23-3)7-8-18(19)20(15)14-5-4-6-16(22)11-14;/h4-8,11-12,22H,9-10,13H2,1-3H3;1H. The third kappa shape index (κ3) is 4.51. The predicted octanol–water partition coefficient (Wildman–Crippen LogP) is 4.68. The Morgan fingerprint density at radius 2 is 1.96 bits per heavy atom. The molecule has 2 aromatic rings. The van der Waals surface area contributed by atoms with Gasteiger partial charge in [-0.1, -0.05) is 12.1 Å². The molecule has 1 N–H and O–H groups in total. The van der Waals surface area contributed by atoms with Crippen LogP contribution < -0.4 is 4.74 Å². The zero-order valence-electron chi connectivity index (χ0n) is 14.8. The van der Waals surface area contributed by atoms with Crippen LogP contribution in [0.5, 0.6) is 11.5 Å². The number of aromatic hydroxyl groups is 1. The van der Waals surface area contributed by atoms with E-state index in [1.807, 2.05) is 30.0 Å². The van der Waals surface area contributed by atoms with Crippen molar-refractivity contribution < 1.29 is 9.84 Å². The van der Waals surface area contributed by atoms with Gasteiger partial charge in [-0.05, 0) is 73.1 Å². The second-order valence-corrected chi connectivity index (χ2v) is 7.36. The summed E-state index contributed by atoms with van der Waals surface area (Å²) in [6.07, 6.45) is 1.03. The van der Waals surface area contributed by atoms with Crippen molar-refractivity contribution in [3.05, 3.63) is 59.2 Å². The SMILES string of the molecule is COc1ccc2c(c1)SCCC(CN(C)C)=C2c1cccc(O)c1.Cl. The van der Waals surface area contributed by atoms with Crippen molar-refractivity contribution in [2.45, 2.75) is 11.3 Å². The van der Waals surface area contributed by atoms with Crippen molar-refractivity contribution in [2.24, 2.45) is 0 Å². The molecule has 1 aliphatic heterocycles. The van der Waals surface area contributed by atoms with Crippen LogP contribution in [0.1, 0.15) is 17.5 Å². The van der Waals surface area contributed by atoms with Crippen LogP contribution in [0.25, 0.3) is 5.57 Å². The molecule has 1 aliphatic rings. The molecule has 0 spiro atoms. The molecule has 134 valence electrons. The summed E-state index contributed by atoms with van der Waals surface area (Å²) < 4.78 is 5.39. The molecule has 0 amide bonds. The average Bonchev–Trinajstić information content (AvgIpc) is 2.72. The lowest BCUT2D eigenvalue weighted by Gasteiger charge is -2.19. The number of hydrogen-bond donors (Lipinski definition) is 1. The Kier molecular flexibility index (Phi) is 6.82. The van der Waals surface area contributed by atoms with Gasteiger partial charge in [0.25, 0.3) is 0 Å². The fraction of sp³-hybridized carbons (Fsp3) is 0.300. The monoisotopic (exact) mass is 377 g/mol. The van der Waals surface area contributed by atoms with Crippen molar-refractivity contribution in [3.63, 3.8) is 0 Å². The van der Waals surface area contributed by atoms with Crippen LogP contribution in [0.3, 0.4) is 0 Å². The molecule has 3 rings (SSSR count). The zero-order valence-corrected chi connectivity index (χ0v) is 16.4. The van der Waals surface area contributed by atoms with Gasteiger partial charge in [-0.2, -0.15) is 0 Å². The molecule has 0 aliphatic carbocycles. The Labute approximate surface area is 160 Å². The van der Waals surface area contributed by atoms with Gasteiger partial charge in [0.2, 0.25) is 0 Å². The van der Waals surface area contributed by atoms with E-state index in [2.05, 4.69) is 37.2 Å². The molecule has 0 saturated carbocycles. The first-order valence-electron chi connectivity index (χ1n) is 8.06. The van der Waals surface area contributed by atoms with Gasteiger partial charge in [0.15, 0.2) is 0 Å². The summed E-state index contributed by atoms with van der Waals surface area (Å²) in [6, 6.07) is 13.8. The lowest BCUT2D eigenvalue weighted by molar-refractivity contribution is 0.413. The van der Waals surface area contributed by atoms with E-state index in [0.29, 0.717) is 5.75 Å². The molecule has 0 bridgehead atoms. The topological polar surface area (TPSA) is 32.7 Å². The minimum atomic E-state index is 0. The Bertz CT molecular complexity index is 774. The average molecular weight is 378 g/mol. The van der Waals surface area contributed by atoms with E-state index in [4.69, 9.17) is 4.74 Å². The van der Waals surface area contributed by atoms with Gasteiger partial charge in [0, 0.05) is 17.2 Å². The molecule has 3 nitrogen and oxygen atoms in total. The number of benzene rings is 2. The number of phenolic OH excluding ortho intramolecular Hbond substituents is 1. The highest BCUT2D eigenvalue weighted by atomic mass is 35.5. The summed E-state index contributed by atoms with van der Waals surface area (Å²) in [4.78, 5) is 3.44. The first-order valence-corrected chi connectivity index (χ1v) is 9.04. The molecule has 2 aromatic carbocycles. The number of ether oxygens (including phenoxy) is 1. The number of methoxy groups -OCH3 is 1. The summed E-state index contributed by atoms with van der Waals surface area (Å²) in [7, 11) is 5.90. The van der Waals surface area contributed by atoms with Gasteiger partial charge in [0.1, 0.15) is 11.5 Å². The molecule has 25 heavy (non-hydrogen) atoms. The highest BCUT2D eigenvalue weighted by molar-refractivity contribution is 7.99. The van der Waals surface area contributed by atoms with E-state index in [1.54, 1.807) is 13.2 Å². The van der Waals surface area contributed by atoms with E-state index in [-0.39, 0.29) is 12.4 Å². The van der Waals surface area contributed by atoms with Crippen molar-refractivity contribution in [1.29, 1.82) is 0 Å². The number of thioether (sulfide) groups is 1. The quantitative estimate of drug-likeness (QED) is 0.838. The minimum absolute atomic E-state index is 0. The fourth-order valence-corrected chi connectivity index (χ4v) is 4.21. The van der Waals surface area contributed by atoms with Gasteiger partial charge in [-0.3, -0.25) is 0 Å². The highest BCUT2D eigenvalue weighted by Gasteiger charge is 2.20. The van der Waals surface area contributed by atoms with Crippen molar-refractivity contribution in [3.8, 4) is 11.5 Å². The van der Waals surface area contributed by atoms with Crippen molar-refractivity contribution >= 4 is 29.7 Å². The normalized spacial score (nSPS) is 13.9. The van der Waals surface area contributed by atoms with Crippen LogP contribution in [0.4, 0.5) is 0 Å². The van der Waals surface area contributed by atoms with Crippen molar-refractivity contribution in [1.82, 2.24) is 4.90 Å². The van der Waals surface area contributed by atoms with Crippen LogP contribution >= 0.6 is 24.2 Å². The Balaban J connectivity index is 0.00000225. The maximum absolute atomic E-state index is 9.95. The molecular formula is C20H24ClNO2S. The van der Waals surface area contributed by atoms with Crippen LogP contribution in [0, 0.1) is 0 Å². The Hall–Kier alpha value is -1.62. The Morgan fingerprint density at radius 1 is 1.16 bits per heavy atom. The smallest absolute Gasteiger partial charge is 0.120 e. The van der Waals surface area contributed by atoms with Gasteiger partial charge in [-0.25, -0.2) is 0 Å². The van der Waals surface area contributed by atoms with Crippen LogP contribution in [0.15, 0.2) is 52.9 Å². The lowest BCUT2D eigenvalue weighted by atomic mass is 9.91. The fourth-order valence-electron chi connectivity index (χ4n) is 3.12. The number of halogens is 1. The first kappa shape index (κ1) is 19.7. The summed E-state index contributed by atoms with van der Waals surface area (Å²) in [5, 5.41) is 9.95. The Morgan fingerprint density at radius 3 is 2.64 bits per heavy atom. The summed E-state index contributed by atoms with van der Waals surface area (Å²) in [5.74, 6) is 2.23. The lowest BCUT2D eigenvalue weighted by Crippen LogP contribution is -2.16. The van der Waals surface area contributed by atoms with E-state index in [9.17, 15) is 5.11 Å². The summed E-state index contributed by atoms with van der Waals surface area (Å²) >= 11 is 1.87. The van der Waals surface area contributed by atoms with E-state index < -0.39 is 0 Å². The molecule has 1 heterocycles. The summed E-state index contributed by atoms with van der Waals surface area (Å²) in [5.41, 5.74) is 4.94. The second-order valence-electron chi connectivity index (χ2n) is 6.23. The minimum Gasteiger partial charge on any atom is -0.508 e. The first-order chi connectivity index (χ1) is 11.6. The number of hydrogen-bond acceptors (Lipinski definition) is 4. The number of rotatable bonds is 4. The number of nitrogens with zero attached hydrogens (tertiary/aromatic N) is 1. The van der Waals surface area contributed by atoms with Crippen LogP contribution in [0.2, 0.25) is 0 Å². The van der Waals surface area contributed by atoms with Crippen LogP contribution in [-0.2, 0) is 0 Å². The van der Waals surface area contributed by atoms with Gasteiger partial charge in [0.05, 0.1) is 7.11 Å². The molecule has 0 aromatic heterocycles. The molecule has 0 unspecified atom stereocenters. The van der Waals surface area contributed by atoms with Crippen LogP contribution in [-0.4, -0.2) is 43.5 Å². The molecular weight excluding hydrogens is 354 g/mol. The second kappa shape index (κ2) is 8.65. The van der Waals surface area contributed by atoms with Crippen molar-refractivity contribution in [2.75, 3.05) is 33.5 Å². The largest absolute Gasteiger partial charge is 0.508 e. The molecule has 5 heteroatoms. The number of likely N-dealkylation sites (N-methyl/N-ethyl adjacent to an activating group) is 1. The maximum atomic E-state index is 9.95. The van der Waals surface area contributed by atoms with Gasteiger partial charge >= 0.3 is 0 Å². The van der Waals surface area contributed by atoms with Gasteiger partial charge < -0.3 is 14.7 Å². The molecule has 0 radical (unpaired) electrons. The van der Waals surface area contributed by atoms with E-state index in [0.717, 1.165) is 30.0 Å². The highest BCUT2D eigenvalue weighted by Crippen LogP contribution is 2.41. The van der Waals surface area contributed by atoms with Gasteiger partial charge in [-0.15, -0.1) is 24.2 Å². The molecule has 0 saturated heterocycles. The number of fused-ring (bicyclic) bond motifs is 1. The van der Waals surface area contributed by atoms with E-state index >= 15 is 0 Å². The third-order valence-electron chi connectivity index (χ3n) is 4.11. The maximum Gasteiger partial charge on any atom is 0.120 e. The molecule has 0 fully saturated rings. The third-order valence-corrected chi connectivity index (χ3v) is 5.17. The summed E-state index contributed by atoms with van der Waals surface area (Å²) in [6.45, 7) is 0.914. The molecule has 0 atom stereocenters. The zero-order chi connectivity index (χ0) is 17.1. The van der Waals surface area contributed by atoms with E-state index in [1.165, 1.54) is 21.6 Å². The predicted molar refractivity (Wildman–Crippen MR) is 108 cm³/mol. The number of phenols is 1.